The molecule has 0 heterocycles. The van der Waals surface area contributed by atoms with Crippen molar-refractivity contribution in [1.82, 2.24) is 4.31 Å². The molecule has 0 aliphatic rings. The fourth-order valence-electron chi connectivity index (χ4n) is 2.94. The fraction of sp³-hybridized carbons (Fsp3) is 0.381. The second-order valence-electron chi connectivity index (χ2n) is 6.65. The van der Waals surface area contributed by atoms with Gasteiger partial charge in [-0.15, -0.1) is 0 Å². The molecule has 0 aromatic heterocycles. The van der Waals surface area contributed by atoms with Gasteiger partial charge in [-0.25, -0.2) is 17.1 Å². The number of nitrogens with one attached hydrogen (secondary N) is 1. The number of benzene rings is 2. The van der Waals surface area contributed by atoms with E-state index in [1.54, 1.807) is 0 Å². The zero-order chi connectivity index (χ0) is 21.4. The van der Waals surface area contributed by atoms with Crippen LogP contribution in [0.15, 0.2) is 53.4 Å². The molecule has 29 heavy (non-hydrogen) atoms. The SMILES string of the molecule is CCN(CC)c1ccc(NC(=O)CCCN(C)S(=O)(=O)c2ccc(F)cc2)cc1. The Morgan fingerprint density at radius 2 is 1.59 bits per heavy atom. The maximum absolute atomic E-state index is 13.0. The third-order valence-corrected chi connectivity index (χ3v) is 6.55. The second kappa shape index (κ2) is 10.4. The highest BCUT2D eigenvalue weighted by molar-refractivity contribution is 7.89. The van der Waals surface area contributed by atoms with Crippen LogP contribution in [0, 0.1) is 5.82 Å². The number of rotatable bonds is 10. The van der Waals surface area contributed by atoms with E-state index in [-0.39, 0.29) is 23.8 Å². The van der Waals surface area contributed by atoms with Gasteiger partial charge >= 0.3 is 0 Å². The zero-order valence-electron chi connectivity index (χ0n) is 17.1. The van der Waals surface area contributed by atoms with Crippen LogP contribution in [0.25, 0.3) is 0 Å². The van der Waals surface area contributed by atoms with E-state index in [1.165, 1.54) is 23.5 Å². The Hall–Kier alpha value is -2.45. The van der Waals surface area contributed by atoms with Crippen molar-refractivity contribution >= 4 is 27.3 Å². The van der Waals surface area contributed by atoms with Crippen LogP contribution in [-0.4, -0.2) is 45.3 Å². The predicted molar refractivity (Wildman–Crippen MR) is 114 cm³/mol. The van der Waals surface area contributed by atoms with E-state index < -0.39 is 15.8 Å². The summed E-state index contributed by atoms with van der Waals surface area (Å²) < 4.78 is 39.1. The number of sulfonamides is 1. The third kappa shape index (κ3) is 6.27. The molecule has 0 saturated heterocycles. The number of carbonyl (C=O) groups is 1. The van der Waals surface area contributed by atoms with E-state index in [1.807, 2.05) is 24.3 Å². The van der Waals surface area contributed by atoms with Crippen LogP contribution in [0.5, 0.6) is 0 Å². The topological polar surface area (TPSA) is 69.7 Å². The van der Waals surface area contributed by atoms with Gasteiger partial charge in [0.2, 0.25) is 15.9 Å². The zero-order valence-corrected chi connectivity index (χ0v) is 17.9. The summed E-state index contributed by atoms with van der Waals surface area (Å²) in [5.74, 6) is -0.665. The second-order valence-corrected chi connectivity index (χ2v) is 8.70. The van der Waals surface area contributed by atoms with Crippen LogP contribution in [0.4, 0.5) is 15.8 Å². The summed E-state index contributed by atoms with van der Waals surface area (Å²) in [6, 6.07) is 12.3. The lowest BCUT2D eigenvalue weighted by atomic mass is 10.2. The molecular weight excluding hydrogens is 393 g/mol. The molecule has 0 spiro atoms. The predicted octanol–water partition coefficient (Wildman–Crippen LogP) is 3.71. The quantitative estimate of drug-likeness (QED) is 0.635. The van der Waals surface area contributed by atoms with Gasteiger partial charge in [-0.1, -0.05) is 0 Å². The number of nitrogens with zero attached hydrogens (tertiary/aromatic N) is 2. The number of hydrogen-bond acceptors (Lipinski definition) is 4. The van der Waals surface area contributed by atoms with E-state index in [4.69, 9.17) is 0 Å². The van der Waals surface area contributed by atoms with Crippen molar-refractivity contribution in [2.75, 3.05) is 36.9 Å². The number of halogens is 1. The summed E-state index contributed by atoms with van der Waals surface area (Å²) >= 11 is 0. The van der Waals surface area contributed by atoms with Crippen LogP contribution in [0.2, 0.25) is 0 Å². The first kappa shape index (κ1) is 22.8. The molecule has 158 valence electrons. The highest BCUT2D eigenvalue weighted by Gasteiger charge is 2.20. The first-order chi connectivity index (χ1) is 13.8. The Labute approximate surface area is 172 Å². The molecule has 2 aromatic carbocycles. The molecule has 1 N–H and O–H groups in total. The summed E-state index contributed by atoms with van der Waals surface area (Å²) in [7, 11) is -2.25. The molecule has 1 amide bonds. The van der Waals surface area contributed by atoms with Gasteiger partial charge in [0.15, 0.2) is 0 Å². The molecule has 2 aromatic rings. The molecule has 0 radical (unpaired) electrons. The normalized spacial score (nSPS) is 11.5. The minimum atomic E-state index is -3.70. The van der Waals surface area contributed by atoms with Crippen LogP contribution >= 0.6 is 0 Å². The van der Waals surface area contributed by atoms with Gasteiger partial charge in [0, 0.05) is 44.5 Å². The van der Waals surface area contributed by atoms with Crippen molar-refractivity contribution in [3.63, 3.8) is 0 Å². The molecule has 0 fully saturated rings. The summed E-state index contributed by atoms with van der Waals surface area (Å²) in [6.45, 7) is 6.19. The highest BCUT2D eigenvalue weighted by Crippen LogP contribution is 2.18. The van der Waals surface area contributed by atoms with E-state index >= 15 is 0 Å². The molecule has 2 rings (SSSR count). The average Bonchev–Trinajstić information content (AvgIpc) is 2.70. The minimum Gasteiger partial charge on any atom is -0.372 e. The fourth-order valence-corrected chi connectivity index (χ4v) is 4.15. The van der Waals surface area contributed by atoms with Crippen molar-refractivity contribution < 1.29 is 17.6 Å². The van der Waals surface area contributed by atoms with Gasteiger partial charge in [-0.2, -0.15) is 0 Å². The van der Waals surface area contributed by atoms with E-state index in [2.05, 4.69) is 24.1 Å². The minimum absolute atomic E-state index is 0.0270. The molecule has 0 aliphatic heterocycles. The first-order valence-corrected chi connectivity index (χ1v) is 11.1. The van der Waals surface area contributed by atoms with Crippen molar-refractivity contribution in [3.8, 4) is 0 Å². The Morgan fingerprint density at radius 1 is 1.00 bits per heavy atom. The van der Waals surface area contributed by atoms with Crippen molar-refractivity contribution in [3.05, 3.63) is 54.3 Å². The highest BCUT2D eigenvalue weighted by atomic mass is 32.2. The number of carbonyl (C=O) groups excluding carboxylic acids is 1. The van der Waals surface area contributed by atoms with Crippen LogP contribution in [0.3, 0.4) is 0 Å². The smallest absolute Gasteiger partial charge is 0.242 e. The summed E-state index contributed by atoms with van der Waals surface area (Å²) in [5.41, 5.74) is 1.80. The summed E-state index contributed by atoms with van der Waals surface area (Å²) in [4.78, 5) is 14.4. The number of amides is 1. The van der Waals surface area contributed by atoms with E-state index in [0.717, 1.165) is 30.9 Å². The van der Waals surface area contributed by atoms with Gasteiger partial charge in [-0.05, 0) is 68.8 Å². The average molecular weight is 422 g/mol. The van der Waals surface area contributed by atoms with Gasteiger partial charge in [0.1, 0.15) is 5.82 Å². The third-order valence-electron chi connectivity index (χ3n) is 4.68. The van der Waals surface area contributed by atoms with Gasteiger partial charge in [0.05, 0.1) is 4.90 Å². The molecular formula is C21H28FN3O3S. The lowest BCUT2D eigenvalue weighted by Gasteiger charge is -2.21. The molecule has 0 unspecified atom stereocenters. The summed E-state index contributed by atoms with van der Waals surface area (Å²) in [6.07, 6.45) is 0.571. The van der Waals surface area contributed by atoms with Crippen molar-refractivity contribution in [2.24, 2.45) is 0 Å². The Bertz CT molecular complexity index is 896. The molecule has 0 saturated carbocycles. The standard InChI is InChI=1S/C21H28FN3O3S/c1-4-25(5-2)19-12-10-18(11-13-19)23-21(26)7-6-16-24(3)29(27,28)20-14-8-17(22)9-15-20/h8-15H,4-7,16H2,1-3H3,(H,23,26). The Morgan fingerprint density at radius 3 is 2.14 bits per heavy atom. The van der Waals surface area contributed by atoms with E-state index in [0.29, 0.717) is 12.1 Å². The van der Waals surface area contributed by atoms with Gasteiger partial charge in [-0.3, -0.25) is 4.79 Å². The Balaban J connectivity index is 1.84. The van der Waals surface area contributed by atoms with Crippen LogP contribution in [-0.2, 0) is 14.8 Å². The van der Waals surface area contributed by atoms with Gasteiger partial charge < -0.3 is 10.2 Å². The van der Waals surface area contributed by atoms with E-state index in [9.17, 15) is 17.6 Å². The lowest BCUT2D eigenvalue weighted by molar-refractivity contribution is -0.116. The largest absolute Gasteiger partial charge is 0.372 e. The molecule has 0 bridgehead atoms. The molecule has 6 nitrogen and oxygen atoms in total. The monoisotopic (exact) mass is 421 g/mol. The summed E-state index contributed by atoms with van der Waals surface area (Å²) in [5, 5.41) is 2.83. The number of hydrogen-bond donors (Lipinski definition) is 1. The molecule has 0 aliphatic carbocycles. The Kier molecular flexibility index (Phi) is 8.16. The maximum atomic E-state index is 13.0. The van der Waals surface area contributed by atoms with Crippen molar-refractivity contribution in [2.45, 2.75) is 31.6 Å². The van der Waals surface area contributed by atoms with Gasteiger partial charge in [0.25, 0.3) is 0 Å². The maximum Gasteiger partial charge on any atom is 0.242 e. The van der Waals surface area contributed by atoms with Crippen molar-refractivity contribution in [1.29, 1.82) is 0 Å². The molecule has 0 atom stereocenters. The van der Waals surface area contributed by atoms with Crippen LogP contribution in [0.1, 0.15) is 26.7 Å². The first-order valence-electron chi connectivity index (χ1n) is 9.64. The lowest BCUT2D eigenvalue weighted by Crippen LogP contribution is -2.28. The number of anilines is 2. The molecule has 8 heteroatoms. The van der Waals surface area contributed by atoms with Crippen LogP contribution < -0.4 is 10.2 Å².